The van der Waals surface area contributed by atoms with Crippen molar-refractivity contribution >= 4 is 27.8 Å². The van der Waals surface area contributed by atoms with Gasteiger partial charge in [0.2, 0.25) is 0 Å². The molecule has 0 radical (unpaired) electrons. The monoisotopic (exact) mass is 511 g/mol. The topological polar surface area (TPSA) is 92.7 Å². The van der Waals surface area contributed by atoms with Gasteiger partial charge in [0.25, 0.3) is 11.1 Å². The van der Waals surface area contributed by atoms with E-state index in [-0.39, 0.29) is 17.4 Å². The third-order valence-corrected chi connectivity index (χ3v) is 6.08. The number of anilines is 1. The lowest BCUT2D eigenvalue weighted by molar-refractivity contribution is -0.138. The Labute approximate surface area is 198 Å². The molecule has 3 aromatic heterocycles. The molecule has 0 saturated heterocycles. The molecule has 1 aromatic carbocycles. The number of thiazole rings is 1. The number of H-pyrrole nitrogens is 1. The Balaban J connectivity index is 1.50. The second kappa shape index (κ2) is 9.56. The van der Waals surface area contributed by atoms with Crippen molar-refractivity contribution in [3.63, 3.8) is 0 Å². The number of nitrogens with zero attached hydrogens (tertiary/aromatic N) is 3. The average molecular weight is 511 g/mol. The Morgan fingerprint density at radius 1 is 1.26 bits per heavy atom. The summed E-state index contributed by atoms with van der Waals surface area (Å²) in [6, 6.07) is 3.31. The zero-order chi connectivity index (χ0) is 25.3. The van der Waals surface area contributed by atoms with Gasteiger partial charge in [0.05, 0.1) is 23.8 Å². The van der Waals surface area contributed by atoms with Gasteiger partial charge in [0, 0.05) is 35.8 Å². The number of aromatic amines is 1. The van der Waals surface area contributed by atoms with Crippen LogP contribution in [0.3, 0.4) is 0 Å². The van der Waals surface area contributed by atoms with Crippen LogP contribution in [0.1, 0.15) is 18.9 Å². The molecule has 35 heavy (non-hydrogen) atoms. The number of fused-ring (bicyclic) bond motifs is 1. The van der Waals surface area contributed by atoms with Crippen molar-refractivity contribution in [2.45, 2.75) is 38.3 Å². The lowest BCUT2D eigenvalue weighted by atomic mass is 10.1. The molecule has 3 heterocycles. The molecule has 184 valence electrons. The minimum atomic E-state index is -4.93. The maximum atomic E-state index is 14.8. The van der Waals surface area contributed by atoms with E-state index in [1.54, 1.807) is 16.5 Å². The smallest absolute Gasteiger partial charge is 0.381 e. The summed E-state index contributed by atoms with van der Waals surface area (Å²) in [5, 5.41) is 10.2. The fourth-order valence-corrected chi connectivity index (χ4v) is 4.41. The van der Waals surface area contributed by atoms with Crippen molar-refractivity contribution < 1.29 is 22.0 Å². The zero-order valence-electron chi connectivity index (χ0n) is 18.1. The predicted molar refractivity (Wildman–Crippen MR) is 122 cm³/mol. The van der Waals surface area contributed by atoms with E-state index in [0.717, 1.165) is 16.8 Å². The van der Waals surface area contributed by atoms with E-state index in [4.69, 9.17) is 0 Å². The fourth-order valence-electron chi connectivity index (χ4n) is 3.75. The minimum Gasteiger partial charge on any atom is -0.381 e. The van der Waals surface area contributed by atoms with Crippen LogP contribution in [-0.2, 0) is 12.7 Å². The maximum absolute atomic E-state index is 14.8. The van der Waals surface area contributed by atoms with Gasteiger partial charge in [-0.15, -0.1) is 11.3 Å². The molecule has 7 nitrogen and oxygen atoms in total. The Morgan fingerprint density at radius 2 is 2.03 bits per heavy atom. The number of benzene rings is 1. The first-order chi connectivity index (χ1) is 16.5. The van der Waals surface area contributed by atoms with Gasteiger partial charge in [0.15, 0.2) is 0 Å². The molecule has 0 spiro atoms. The Hall–Kier alpha value is -3.61. The van der Waals surface area contributed by atoms with Crippen molar-refractivity contribution in [3.8, 4) is 10.6 Å². The maximum Gasteiger partial charge on any atom is 0.423 e. The van der Waals surface area contributed by atoms with Crippen molar-refractivity contribution in [2.75, 3.05) is 5.32 Å². The molecular formula is C22H18F5N5O2S. The molecule has 2 N–H and O–H groups in total. The Bertz CT molecular complexity index is 1470. The van der Waals surface area contributed by atoms with Crippen LogP contribution in [0.5, 0.6) is 0 Å². The first-order valence-corrected chi connectivity index (χ1v) is 11.2. The number of halogens is 5. The van der Waals surface area contributed by atoms with Crippen LogP contribution in [0.2, 0.25) is 0 Å². The third kappa shape index (κ3) is 5.24. The summed E-state index contributed by atoms with van der Waals surface area (Å²) in [6.45, 7) is 1.04. The molecule has 4 rings (SSSR count). The standard InChI is InChI=1S/C22H18F5N5O2S/c1-11(30-17-9-29-31-19(33)18(17)22(25,26)27)6-13(23)10-32-4-2-12-7-15(20-28-3-5-35-20)16(24)8-14(12)21(32)34/h2-5,7-9,11,13H,6,10H2,1H3,(H2,30,31,33)/t11-,13+/m1/s1. The van der Waals surface area contributed by atoms with Crippen LogP contribution >= 0.6 is 11.3 Å². The summed E-state index contributed by atoms with van der Waals surface area (Å²) in [6.07, 6.45) is -3.11. The molecule has 0 aliphatic rings. The van der Waals surface area contributed by atoms with Crippen LogP contribution in [0.4, 0.5) is 27.6 Å². The molecule has 4 aromatic rings. The Morgan fingerprint density at radius 3 is 2.71 bits per heavy atom. The van der Waals surface area contributed by atoms with Crippen LogP contribution < -0.4 is 16.4 Å². The largest absolute Gasteiger partial charge is 0.423 e. The predicted octanol–water partition coefficient (Wildman–Crippen LogP) is 4.60. The summed E-state index contributed by atoms with van der Waals surface area (Å²) in [5.74, 6) is -0.635. The van der Waals surface area contributed by atoms with Crippen molar-refractivity contribution in [2.24, 2.45) is 0 Å². The lowest BCUT2D eigenvalue weighted by Gasteiger charge is -2.20. The molecule has 13 heteroatoms. The zero-order valence-corrected chi connectivity index (χ0v) is 18.9. The molecule has 2 atom stereocenters. The van der Waals surface area contributed by atoms with Gasteiger partial charge in [-0.3, -0.25) is 9.59 Å². The van der Waals surface area contributed by atoms with E-state index in [2.05, 4.69) is 15.4 Å². The summed E-state index contributed by atoms with van der Waals surface area (Å²) in [7, 11) is 0. The van der Waals surface area contributed by atoms with Gasteiger partial charge in [-0.1, -0.05) is 0 Å². The molecule has 0 aliphatic heterocycles. The van der Waals surface area contributed by atoms with Crippen LogP contribution in [0, 0.1) is 5.82 Å². The molecule has 0 amide bonds. The molecule has 0 unspecified atom stereocenters. The number of pyridine rings is 1. The number of aromatic nitrogens is 4. The van der Waals surface area contributed by atoms with Crippen LogP contribution in [-0.4, -0.2) is 32.0 Å². The molecule has 0 fully saturated rings. The van der Waals surface area contributed by atoms with Crippen molar-refractivity contribution in [1.82, 2.24) is 19.7 Å². The quantitative estimate of drug-likeness (QED) is 0.354. The summed E-state index contributed by atoms with van der Waals surface area (Å²) < 4.78 is 70.0. The molecule has 0 saturated carbocycles. The van der Waals surface area contributed by atoms with Gasteiger partial charge >= 0.3 is 6.18 Å². The average Bonchev–Trinajstić information content (AvgIpc) is 3.29. The Kier molecular flexibility index (Phi) is 6.70. The van der Waals surface area contributed by atoms with E-state index in [0.29, 0.717) is 10.4 Å². The van der Waals surface area contributed by atoms with Gasteiger partial charge < -0.3 is 9.88 Å². The normalized spacial score (nSPS) is 13.7. The third-order valence-electron chi connectivity index (χ3n) is 5.27. The van der Waals surface area contributed by atoms with Gasteiger partial charge in [-0.2, -0.15) is 18.3 Å². The summed E-state index contributed by atoms with van der Waals surface area (Å²) in [5.41, 5.74) is -3.80. The molecule has 0 bridgehead atoms. The highest BCUT2D eigenvalue weighted by Gasteiger charge is 2.37. The second-order valence-corrected chi connectivity index (χ2v) is 8.79. The number of rotatable bonds is 7. The SMILES string of the molecule is C[C@H](C[C@H](F)Cn1ccc2cc(-c3nccs3)c(F)cc2c1=O)Nc1cn[nH]c(=O)c1C(F)(F)F. The highest BCUT2D eigenvalue weighted by Crippen LogP contribution is 2.32. The molecule has 0 aliphatic carbocycles. The first-order valence-electron chi connectivity index (χ1n) is 10.3. The molecular weight excluding hydrogens is 493 g/mol. The number of hydrogen-bond acceptors (Lipinski definition) is 6. The second-order valence-electron chi connectivity index (χ2n) is 7.89. The number of hydrogen-bond donors (Lipinski definition) is 2. The van der Waals surface area contributed by atoms with Gasteiger partial charge in [-0.25, -0.2) is 18.9 Å². The van der Waals surface area contributed by atoms with E-state index in [1.807, 2.05) is 0 Å². The van der Waals surface area contributed by atoms with E-state index in [1.165, 1.54) is 36.7 Å². The van der Waals surface area contributed by atoms with Crippen molar-refractivity contribution in [3.05, 3.63) is 74.3 Å². The van der Waals surface area contributed by atoms with Crippen LogP contribution in [0.25, 0.3) is 21.3 Å². The van der Waals surface area contributed by atoms with Crippen LogP contribution in [0.15, 0.2) is 51.8 Å². The fraction of sp³-hybridized carbons (Fsp3) is 0.273. The first kappa shape index (κ1) is 24.5. The van der Waals surface area contributed by atoms with E-state index in [9.17, 15) is 31.5 Å². The highest BCUT2D eigenvalue weighted by atomic mass is 32.1. The van der Waals surface area contributed by atoms with Gasteiger partial charge in [0.1, 0.15) is 22.6 Å². The summed E-state index contributed by atoms with van der Waals surface area (Å²) >= 11 is 1.25. The van der Waals surface area contributed by atoms with Crippen molar-refractivity contribution in [1.29, 1.82) is 0 Å². The number of nitrogens with one attached hydrogen (secondary N) is 2. The highest BCUT2D eigenvalue weighted by molar-refractivity contribution is 7.13. The lowest BCUT2D eigenvalue weighted by Crippen LogP contribution is -2.30. The van der Waals surface area contributed by atoms with Gasteiger partial charge in [-0.05, 0) is 30.5 Å². The van der Waals surface area contributed by atoms with E-state index >= 15 is 0 Å². The van der Waals surface area contributed by atoms with E-state index < -0.39 is 53.1 Å². The minimum absolute atomic E-state index is 0.0630. The summed E-state index contributed by atoms with van der Waals surface area (Å²) in [4.78, 5) is 28.4. The number of alkyl halides is 4.